The van der Waals surface area contributed by atoms with Crippen molar-refractivity contribution in [3.05, 3.63) is 12.2 Å². The molecular formula is C28H60NO9P. The Morgan fingerprint density at radius 1 is 0.590 bits per heavy atom. The molecule has 0 bridgehead atoms. The molecule has 0 heterocycles. The minimum absolute atomic E-state index is 0.126. The second kappa shape index (κ2) is 35.6. The van der Waals surface area contributed by atoms with Gasteiger partial charge in [0.05, 0.1) is 52.9 Å². The molecule has 0 fully saturated rings. The summed E-state index contributed by atoms with van der Waals surface area (Å²) >= 11 is 0. The van der Waals surface area contributed by atoms with Crippen molar-refractivity contribution < 1.29 is 43.3 Å². The third kappa shape index (κ3) is 44.8. The van der Waals surface area contributed by atoms with Gasteiger partial charge < -0.3 is 39.5 Å². The van der Waals surface area contributed by atoms with Crippen LogP contribution >= 0.6 is 7.82 Å². The van der Waals surface area contributed by atoms with Crippen LogP contribution in [0.4, 0.5) is 0 Å². The average molecular weight is 586 g/mol. The average Bonchev–Trinajstić information content (AvgIpc) is 2.91. The number of aliphatic hydroxyl groups is 2. The molecule has 236 valence electrons. The van der Waals surface area contributed by atoms with Crippen molar-refractivity contribution in [2.45, 2.75) is 96.8 Å². The van der Waals surface area contributed by atoms with Crippen LogP contribution in [0, 0.1) is 0 Å². The van der Waals surface area contributed by atoms with E-state index in [0.717, 1.165) is 13.0 Å². The number of unbranched alkanes of at least 4 members (excludes halogenated alkanes) is 12. The summed E-state index contributed by atoms with van der Waals surface area (Å²) in [6.45, 7) is 6.34. The largest absolute Gasteiger partial charge is 0.469 e. The van der Waals surface area contributed by atoms with Crippen LogP contribution in [0.1, 0.15) is 96.8 Å². The molecule has 39 heavy (non-hydrogen) atoms. The van der Waals surface area contributed by atoms with Gasteiger partial charge in [0.25, 0.3) is 0 Å². The summed E-state index contributed by atoms with van der Waals surface area (Å²) in [4.78, 5) is 17.0. The zero-order valence-electron chi connectivity index (χ0n) is 24.6. The molecule has 0 aliphatic heterocycles. The van der Waals surface area contributed by atoms with Crippen molar-refractivity contribution in [1.82, 2.24) is 5.32 Å². The number of allylic oxidation sites excluding steroid dienone is 2. The molecule has 11 heteroatoms. The zero-order chi connectivity index (χ0) is 29.1. The molecule has 0 aromatic rings. The third-order valence-electron chi connectivity index (χ3n) is 5.61. The lowest BCUT2D eigenvalue weighted by atomic mass is 10.1. The maximum absolute atomic E-state index is 10.4. The Bertz CT molecular complexity index is 517. The predicted octanol–water partition coefficient (Wildman–Crippen LogP) is 4.74. The molecule has 0 amide bonds. The number of nitrogens with one attached hydrogen (secondary N) is 1. The molecule has 0 aromatic carbocycles. The molecule has 5 N–H and O–H groups in total. The van der Waals surface area contributed by atoms with Crippen molar-refractivity contribution in [2.24, 2.45) is 0 Å². The maximum atomic E-state index is 10.4. The Morgan fingerprint density at radius 3 is 1.46 bits per heavy atom. The summed E-state index contributed by atoms with van der Waals surface area (Å²) in [5, 5.41) is 19.1. The second-order valence-corrected chi connectivity index (χ2v) is 10.5. The van der Waals surface area contributed by atoms with Crippen molar-refractivity contribution >= 4 is 7.82 Å². The molecule has 0 atom stereocenters. The minimum atomic E-state index is -4.40. The van der Waals surface area contributed by atoms with E-state index in [9.17, 15) is 4.57 Å². The number of phosphoric ester groups is 1. The molecule has 0 aliphatic carbocycles. The standard InChI is InChI=1S/C24H49O7P.C4H11NO2/c1-2-3-4-5-6-7-8-9-10-11-12-13-14-15-16-17-18-28-19-20-29-21-22-30-23-24-31-32(25,26)27;6-3-1-5-2-4-7/h9-10H,2-8,11-24H2,1H3,(H2,25,26,27);5-7H,1-4H2/b10-9-;. The highest BCUT2D eigenvalue weighted by atomic mass is 31.2. The molecule has 10 nitrogen and oxygen atoms in total. The van der Waals surface area contributed by atoms with E-state index in [0.29, 0.717) is 39.5 Å². The van der Waals surface area contributed by atoms with Gasteiger partial charge in [-0.05, 0) is 32.1 Å². The molecule has 0 unspecified atom stereocenters. The van der Waals surface area contributed by atoms with E-state index < -0.39 is 7.82 Å². The molecule has 0 radical (unpaired) electrons. The van der Waals surface area contributed by atoms with Crippen molar-refractivity contribution in [3.63, 3.8) is 0 Å². The van der Waals surface area contributed by atoms with E-state index in [1.165, 1.54) is 83.5 Å². The smallest absolute Gasteiger partial charge is 0.395 e. The molecule has 0 saturated heterocycles. The normalized spacial score (nSPS) is 11.7. The fraction of sp³-hybridized carbons (Fsp3) is 0.929. The summed E-state index contributed by atoms with van der Waals surface area (Å²) in [7, 11) is -4.40. The van der Waals surface area contributed by atoms with Crippen LogP contribution in [0.2, 0.25) is 0 Å². The Kier molecular flexibility index (Phi) is 37.2. The van der Waals surface area contributed by atoms with Crippen LogP contribution in [0.25, 0.3) is 0 Å². The summed E-state index contributed by atoms with van der Waals surface area (Å²) in [6.07, 6.45) is 23.0. The van der Waals surface area contributed by atoms with Gasteiger partial charge in [0.1, 0.15) is 0 Å². The first kappa shape index (κ1) is 40.7. The van der Waals surface area contributed by atoms with Crippen LogP contribution < -0.4 is 5.32 Å². The molecular weight excluding hydrogens is 525 g/mol. The van der Waals surface area contributed by atoms with Crippen LogP contribution in [-0.4, -0.2) is 92.6 Å². The highest BCUT2D eigenvalue weighted by Crippen LogP contribution is 2.35. The lowest BCUT2D eigenvalue weighted by molar-refractivity contribution is 0.00702. The Labute approximate surface area is 238 Å². The summed E-state index contributed by atoms with van der Waals surface area (Å²) in [5.41, 5.74) is 0. The number of phosphoric acid groups is 1. The highest BCUT2D eigenvalue weighted by Gasteiger charge is 2.12. The van der Waals surface area contributed by atoms with Crippen LogP contribution in [0.5, 0.6) is 0 Å². The fourth-order valence-electron chi connectivity index (χ4n) is 3.49. The van der Waals surface area contributed by atoms with Crippen LogP contribution in [0.3, 0.4) is 0 Å². The Morgan fingerprint density at radius 2 is 1.00 bits per heavy atom. The SMILES string of the molecule is CCCCCCCC/C=C\CCCCCCCCOCCOCCOCCOP(=O)(O)O.OCCNCCO. The summed E-state index contributed by atoms with van der Waals surface area (Å²) in [6, 6.07) is 0. The predicted molar refractivity (Wildman–Crippen MR) is 157 cm³/mol. The minimum Gasteiger partial charge on any atom is -0.395 e. The second-order valence-electron chi connectivity index (χ2n) is 9.30. The van der Waals surface area contributed by atoms with Gasteiger partial charge in [-0.1, -0.05) is 76.9 Å². The summed E-state index contributed by atoms with van der Waals surface area (Å²) in [5.74, 6) is 0. The zero-order valence-corrected chi connectivity index (χ0v) is 25.5. The lowest BCUT2D eigenvalue weighted by Gasteiger charge is -2.07. The van der Waals surface area contributed by atoms with Crippen molar-refractivity contribution in [3.8, 4) is 0 Å². The van der Waals surface area contributed by atoms with Gasteiger partial charge in [0.15, 0.2) is 0 Å². The van der Waals surface area contributed by atoms with Gasteiger partial charge >= 0.3 is 7.82 Å². The van der Waals surface area contributed by atoms with Gasteiger partial charge in [0.2, 0.25) is 0 Å². The molecule has 0 aliphatic rings. The van der Waals surface area contributed by atoms with Gasteiger partial charge in [-0.15, -0.1) is 0 Å². The van der Waals surface area contributed by atoms with Gasteiger partial charge in [-0.3, -0.25) is 4.52 Å². The van der Waals surface area contributed by atoms with E-state index in [4.69, 9.17) is 34.2 Å². The topological polar surface area (TPSA) is 147 Å². The number of hydrogen-bond donors (Lipinski definition) is 5. The number of hydrogen-bond acceptors (Lipinski definition) is 8. The highest BCUT2D eigenvalue weighted by molar-refractivity contribution is 7.46. The van der Waals surface area contributed by atoms with Gasteiger partial charge in [0, 0.05) is 19.7 Å². The van der Waals surface area contributed by atoms with E-state index in [1.807, 2.05) is 0 Å². The molecule has 0 rings (SSSR count). The van der Waals surface area contributed by atoms with Crippen molar-refractivity contribution in [2.75, 3.05) is 72.6 Å². The quantitative estimate of drug-likeness (QED) is 0.0455. The third-order valence-corrected chi connectivity index (χ3v) is 6.13. The van der Waals surface area contributed by atoms with E-state index in [-0.39, 0.29) is 26.4 Å². The van der Waals surface area contributed by atoms with Crippen LogP contribution in [0.15, 0.2) is 12.2 Å². The fourth-order valence-corrected chi connectivity index (χ4v) is 3.80. The molecule has 0 aromatic heterocycles. The number of rotatable bonds is 30. The number of ether oxygens (including phenoxy) is 3. The first-order valence-corrected chi connectivity index (χ1v) is 16.5. The Hall–Kier alpha value is -0.390. The van der Waals surface area contributed by atoms with Crippen molar-refractivity contribution in [1.29, 1.82) is 0 Å². The first-order chi connectivity index (χ1) is 19.0. The van der Waals surface area contributed by atoms with E-state index >= 15 is 0 Å². The first-order valence-electron chi connectivity index (χ1n) is 15.0. The summed E-state index contributed by atoms with van der Waals surface area (Å²) < 4.78 is 30.8. The number of aliphatic hydroxyl groups excluding tert-OH is 2. The monoisotopic (exact) mass is 585 g/mol. The van der Waals surface area contributed by atoms with Gasteiger partial charge in [-0.25, -0.2) is 4.57 Å². The van der Waals surface area contributed by atoms with Crippen LogP contribution in [-0.2, 0) is 23.3 Å². The Balaban J connectivity index is 0. The van der Waals surface area contributed by atoms with E-state index in [1.54, 1.807) is 0 Å². The maximum Gasteiger partial charge on any atom is 0.469 e. The molecule has 0 saturated carbocycles. The lowest BCUT2D eigenvalue weighted by Crippen LogP contribution is -2.21. The van der Waals surface area contributed by atoms with Gasteiger partial charge in [-0.2, -0.15) is 0 Å². The molecule has 0 spiro atoms. The van der Waals surface area contributed by atoms with E-state index in [2.05, 4.69) is 28.9 Å².